The Labute approximate surface area is 192 Å². The third kappa shape index (κ3) is 5.02. The minimum absolute atomic E-state index is 0.154. The van der Waals surface area contributed by atoms with E-state index in [-0.39, 0.29) is 5.92 Å². The highest BCUT2D eigenvalue weighted by molar-refractivity contribution is 5.82. The highest BCUT2D eigenvalue weighted by Crippen LogP contribution is 2.53. The van der Waals surface area contributed by atoms with Crippen LogP contribution in [0.3, 0.4) is 0 Å². The van der Waals surface area contributed by atoms with Crippen LogP contribution in [0, 0.1) is 34.0 Å². The van der Waals surface area contributed by atoms with Crippen molar-refractivity contribution in [3.05, 3.63) is 48.2 Å². The highest BCUT2D eigenvalue weighted by Gasteiger charge is 2.44. The minimum atomic E-state index is 0.154. The van der Waals surface area contributed by atoms with E-state index in [9.17, 15) is 0 Å². The Morgan fingerprint density at radius 2 is 2.00 bits per heavy atom. The number of anilines is 1. The van der Waals surface area contributed by atoms with Gasteiger partial charge in [-0.2, -0.15) is 5.26 Å². The summed E-state index contributed by atoms with van der Waals surface area (Å²) in [4.78, 5) is 4.50. The molecule has 3 N–H and O–H groups in total. The summed E-state index contributed by atoms with van der Waals surface area (Å²) in [6.07, 6.45) is 9.82. The smallest absolute Gasteiger partial charge is 0.0991 e. The first-order valence-corrected chi connectivity index (χ1v) is 12.0. The van der Waals surface area contributed by atoms with Gasteiger partial charge in [0.1, 0.15) is 0 Å². The van der Waals surface area contributed by atoms with Gasteiger partial charge in [0.15, 0.2) is 0 Å². The first kappa shape index (κ1) is 22.5. The van der Waals surface area contributed by atoms with Crippen LogP contribution in [0.5, 0.6) is 0 Å². The molecule has 2 saturated carbocycles. The molecule has 1 heterocycles. The number of nitrogens with zero attached hydrogens (tertiary/aromatic N) is 2. The maximum absolute atomic E-state index is 9.01. The van der Waals surface area contributed by atoms with E-state index in [2.05, 4.69) is 28.6 Å². The summed E-state index contributed by atoms with van der Waals surface area (Å²) < 4.78 is 0. The van der Waals surface area contributed by atoms with Gasteiger partial charge in [0, 0.05) is 48.2 Å². The fourth-order valence-corrected chi connectivity index (χ4v) is 5.72. The molecule has 2 bridgehead atoms. The molecule has 168 valence electrons. The minimum Gasteiger partial charge on any atom is -0.384 e. The largest absolute Gasteiger partial charge is 0.384 e. The van der Waals surface area contributed by atoms with E-state index in [1.54, 1.807) is 0 Å². The van der Waals surface area contributed by atoms with E-state index in [0.29, 0.717) is 17.0 Å². The van der Waals surface area contributed by atoms with Gasteiger partial charge < -0.3 is 16.0 Å². The van der Waals surface area contributed by atoms with E-state index in [4.69, 9.17) is 10.7 Å². The quantitative estimate of drug-likeness (QED) is 0.427. The number of hydrogen-bond donors (Lipinski definition) is 3. The molecule has 2 aliphatic rings. The summed E-state index contributed by atoms with van der Waals surface area (Å²) in [5.74, 6) is 1.12. The lowest BCUT2D eigenvalue weighted by atomic mass is 9.83. The molecule has 1 aromatic heterocycles. The number of fused-ring (bicyclic) bond motifs is 2. The number of pyridine rings is 1. The molecule has 4 rings (SSSR count). The molecule has 0 aliphatic heterocycles. The standard InChI is InChI=1S/C27H35N5/c1-3-25(32-18-27-11-8-20(15-27)9-12-27)24(19(2)29)17-31-23-10-13-30-26(14-23)22-6-4-21(16-28)5-7-22/h4-7,10,13-14,20,24-25,29,32H,3,8-9,11-12,15,17-18H2,1-2H3,(H,30,31). The normalized spacial score (nSPS) is 23.5. The van der Waals surface area contributed by atoms with Gasteiger partial charge in [0.2, 0.25) is 0 Å². The van der Waals surface area contributed by atoms with Crippen molar-refractivity contribution in [3.8, 4) is 17.3 Å². The van der Waals surface area contributed by atoms with E-state index in [0.717, 1.165) is 48.1 Å². The molecule has 0 amide bonds. The Balaban J connectivity index is 1.39. The van der Waals surface area contributed by atoms with Gasteiger partial charge in [-0.3, -0.25) is 4.98 Å². The first-order valence-electron chi connectivity index (χ1n) is 12.0. The van der Waals surface area contributed by atoms with Crippen LogP contribution in [0.4, 0.5) is 5.69 Å². The second kappa shape index (κ2) is 9.83. The second-order valence-corrected chi connectivity index (χ2v) is 9.83. The zero-order valence-electron chi connectivity index (χ0n) is 19.3. The molecule has 32 heavy (non-hydrogen) atoms. The van der Waals surface area contributed by atoms with Crippen LogP contribution in [0.1, 0.15) is 57.9 Å². The molecule has 0 saturated heterocycles. The topological polar surface area (TPSA) is 84.6 Å². The summed E-state index contributed by atoms with van der Waals surface area (Å²) >= 11 is 0. The van der Waals surface area contributed by atoms with Gasteiger partial charge in [-0.05, 0) is 81.0 Å². The summed E-state index contributed by atoms with van der Waals surface area (Å²) in [7, 11) is 0. The Morgan fingerprint density at radius 1 is 1.25 bits per heavy atom. The van der Waals surface area contributed by atoms with E-state index >= 15 is 0 Å². The van der Waals surface area contributed by atoms with Crippen molar-refractivity contribution < 1.29 is 0 Å². The summed E-state index contributed by atoms with van der Waals surface area (Å²) in [5.41, 5.74) is 4.78. The van der Waals surface area contributed by atoms with Crippen molar-refractivity contribution in [3.63, 3.8) is 0 Å². The van der Waals surface area contributed by atoms with Crippen molar-refractivity contribution in [1.82, 2.24) is 10.3 Å². The van der Waals surface area contributed by atoms with Gasteiger partial charge in [0.05, 0.1) is 17.3 Å². The molecule has 0 radical (unpaired) electrons. The lowest BCUT2D eigenvalue weighted by Gasteiger charge is -2.33. The summed E-state index contributed by atoms with van der Waals surface area (Å²) in [5, 5.41) is 24.9. The molecule has 2 atom stereocenters. The average Bonchev–Trinajstić information content (AvgIpc) is 3.42. The molecule has 2 aliphatic carbocycles. The molecule has 2 unspecified atom stereocenters. The molecule has 2 aromatic rings. The van der Waals surface area contributed by atoms with Gasteiger partial charge in [-0.15, -0.1) is 0 Å². The zero-order chi connectivity index (χ0) is 22.6. The van der Waals surface area contributed by atoms with Crippen LogP contribution < -0.4 is 10.6 Å². The molecule has 0 spiro atoms. The molecule has 1 aromatic carbocycles. The third-order valence-corrected chi connectivity index (χ3v) is 7.70. The maximum atomic E-state index is 9.01. The van der Waals surface area contributed by atoms with Crippen molar-refractivity contribution in [2.75, 3.05) is 18.4 Å². The van der Waals surface area contributed by atoms with Crippen molar-refractivity contribution in [2.45, 2.75) is 58.4 Å². The number of nitriles is 1. The third-order valence-electron chi connectivity index (χ3n) is 7.70. The van der Waals surface area contributed by atoms with E-state index in [1.807, 2.05) is 49.5 Å². The fourth-order valence-electron chi connectivity index (χ4n) is 5.72. The van der Waals surface area contributed by atoms with Gasteiger partial charge in [-0.1, -0.05) is 19.1 Å². The Bertz CT molecular complexity index is 966. The Hall–Kier alpha value is -2.71. The zero-order valence-corrected chi connectivity index (χ0v) is 19.3. The van der Waals surface area contributed by atoms with Crippen molar-refractivity contribution in [2.24, 2.45) is 17.3 Å². The number of rotatable bonds is 10. The number of benzene rings is 1. The monoisotopic (exact) mass is 429 g/mol. The van der Waals surface area contributed by atoms with Crippen molar-refractivity contribution in [1.29, 1.82) is 10.7 Å². The Morgan fingerprint density at radius 3 is 2.59 bits per heavy atom. The highest BCUT2D eigenvalue weighted by atomic mass is 15.0. The second-order valence-electron chi connectivity index (χ2n) is 9.83. The van der Waals surface area contributed by atoms with Crippen LogP contribution in [0.25, 0.3) is 11.3 Å². The first-order chi connectivity index (χ1) is 15.5. The van der Waals surface area contributed by atoms with Crippen LogP contribution in [0.15, 0.2) is 42.6 Å². The predicted octanol–water partition coefficient (Wildman–Crippen LogP) is 5.64. The molecule has 5 nitrogen and oxygen atoms in total. The van der Waals surface area contributed by atoms with Crippen LogP contribution >= 0.6 is 0 Å². The van der Waals surface area contributed by atoms with Crippen LogP contribution in [0.2, 0.25) is 0 Å². The molecular formula is C27H35N5. The van der Waals surface area contributed by atoms with E-state index in [1.165, 1.54) is 32.1 Å². The SMILES string of the molecule is CCC(NCC12CCC(CC1)C2)C(CNc1ccnc(-c2ccc(C#N)cc2)c1)C(C)=N. The van der Waals surface area contributed by atoms with Gasteiger partial charge in [0.25, 0.3) is 0 Å². The van der Waals surface area contributed by atoms with Crippen LogP contribution in [-0.2, 0) is 0 Å². The van der Waals surface area contributed by atoms with Crippen molar-refractivity contribution >= 4 is 11.4 Å². The summed E-state index contributed by atoms with van der Waals surface area (Å²) in [6.45, 7) is 5.99. The number of aromatic nitrogens is 1. The van der Waals surface area contributed by atoms with E-state index < -0.39 is 0 Å². The number of hydrogen-bond acceptors (Lipinski definition) is 5. The molecular weight excluding hydrogens is 394 g/mol. The maximum Gasteiger partial charge on any atom is 0.0991 e. The Kier molecular flexibility index (Phi) is 6.91. The van der Waals surface area contributed by atoms with Gasteiger partial charge in [-0.25, -0.2) is 0 Å². The van der Waals surface area contributed by atoms with Gasteiger partial charge >= 0.3 is 0 Å². The summed E-state index contributed by atoms with van der Waals surface area (Å²) in [6, 6.07) is 14.0. The molecule has 2 fully saturated rings. The predicted molar refractivity (Wildman–Crippen MR) is 131 cm³/mol. The molecule has 5 heteroatoms. The average molecular weight is 430 g/mol. The lowest BCUT2D eigenvalue weighted by molar-refractivity contribution is 0.254. The lowest BCUT2D eigenvalue weighted by Crippen LogP contribution is -2.46. The fraction of sp³-hybridized carbons (Fsp3) is 0.519. The van der Waals surface area contributed by atoms with Crippen LogP contribution in [-0.4, -0.2) is 29.8 Å². The number of nitrogens with one attached hydrogen (secondary N) is 3.